The third-order valence-corrected chi connectivity index (χ3v) is 2.83. The van der Waals surface area contributed by atoms with E-state index < -0.39 is 0 Å². The highest BCUT2D eigenvalue weighted by molar-refractivity contribution is 5.79. The molecule has 2 aliphatic heterocycles. The predicted molar refractivity (Wildman–Crippen MR) is 46.8 cm³/mol. The number of hydrogen-bond donors (Lipinski definition) is 1. The van der Waals surface area contributed by atoms with Gasteiger partial charge in [-0.1, -0.05) is 0 Å². The highest BCUT2D eigenvalue weighted by atomic mass is 16.1. The molecule has 2 rings (SSSR count). The molecule has 2 heterocycles. The molecular weight excluding hydrogens is 152 g/mol. The Morgan fingerprint density at radius 2 is 2.08 bits per heavy atom. The quantitative estimate of drug-likeness (QED) is 0.613. The van der Waals surface area contributed by atoms with Crippen LogP contribution in [0.2, 0.25) is 0 Å². The van der Waals surface area contributed by atoms with Crippen LogP contribution in [0.15, 0.2) is 0 Å². The van der Waals surface area contributed by atoms with Gasteiger partial charge in [-0.3, -0.25) is 9.69 Å². The molecule has 1 atom stereocenters. The van der Waals surface area contributed by atoms with Gasteiger partial charge in [0.2, 0.25) is 0 Å². The van der Waals surface area contributed by atoms with Crippen molar-refractivity contribution < 1.29 is 4.79 Å². The molecule has 2 fully saturated rings. The molecule has 0 aliphatic carbocycles. The second-order valence-electron chi connectivity index (χ2n) is 3.69. The summed E-state index contributed by atoms with van der Waals surface area (Å²) in [6.07, 6.45) is 4.64. The molecule has 0 radical (unpaired) electrons. The van der Waals surface area contributed by atoms with Gasteiger partial charge in [-0.05, 0) is 19.4 Å². The molecule has 1 unspecified atom stereocenters. The maximum absolute atomic E-state index is 11.0. The number of nitrogens with one attached hydrogen (secondary N) is 1. The van der Waals surface area contributed by atoms with Crippen LogP contribution in [0.3, 0.4) is 0 Å². The van der Waals surface area contributed by atoms with E-state index in [0.717, 1.165) is 32.5 Å². The molecule has 68 valence electrons. The Bertz CT molecular complexity index is 165. The summed E-state index contributed by atoms with van der Waals surface area (Å²) < 4.78 is 0. The van der Waals surface area contributed by atoms with E-state index in [1.807, 2.05) is 0 Å². The second-order valence-corrected chi connectivity index (χ2v) is 3.69. The molecule has 12 heavy (non-hydrogen) atoms. The van der Waals surface area contributed by atoms with Crippen LogP contribution in [0.25, 0.3) is 0 Å². The van der Waals surface area contributed by atoms with Gasteiger partial charge in [-0.15, -0.1) is 0 Å². The summed E-state index contributed by atoms with van der Waals surface area (Å²) >= 11 is 0. The number of rotatable bonds is 1. The van der Waals surface area contributed by atoms with E-state index in [2.05, 4.69) is 10.2 Å². The van der Waals surface area contributed by atoms with E-state index in [1.54, 1.807) is 0 Å². The van der Waals surface area contributed by atoms with Crippen LogP contribution in [-0.2, 0) is 4.79 Å². The van der Waals surface area contributed by atoms with E-state index in [1.165, 1.54) is 12.8 Å². The third kappa shape index (κ3) is 1.67. The topological polar surface area (TPSA) is 32.3 Å². The van der Waals surface area contributed by atoms with Crippen LogP contribution >= 0.6 is 0 Å². The zero-order valence-electron chi connectivity index (χ0n) is 7.38. The first kappa shape index (κ1) is 8.20. The van der Waals surface area contributed by atoms with Crippen LogP contribution in [0.1, 0.15) is 25.7 Å². The summed E-state index contributed by atoms with van der Waals surface area (Å²) in [7, 11) is 0. The first-order valence-electron chi connectivity index (χ1n) is 4.85. The van der Waals surface area contributed by atoms with Gasteiger partial charge in [0.1, 0.15) is 5.78 Å². The van der Waals surface area contributed by atoms with Crippen molar-refractivity contribution in [1.82, 2.24) is 10.2 Å². The number of hydrogen-bond acceptors (Lipinski definition) is 3. The average molecular weight is 168 g/mol. The lowest BCUT2D eigenvalue weighted by atomic mass is 10.1. The molecule has 0 aromatic carbocycles. The maximum Gasteiger partial charge on any atom is 0.135 e. The number of nitrogens with zero attached hydrogens (tertiary/aromatic N) is 1. The number of likely N-dealkylation sites (tertiary alicyclic amines) is 1. The first-order valence-corrected chi connectivity index (χ1v) is 4.85. The Morgan fingerprint density at radius 1 is 1.33 bits per heavy atom. The van der Waals surface area contributed by atoms with Crippen LogP contribution in [0, 0.1) is 0 Å². The SMILES string of the molecule is O=C1CCN(C2CCCN2)CC1. The Labute approximate surface area is 73.1 Å². The predicted octanol–water partition coefficient (Wildman–Crippen LogP) is 0.361. The lowest BCUT2D eigenvalue weighted by Crippen LogP contribution is -2.46. The van der Waals surface area contributed by atoms with E-state index in [0.29, 0.717) is 11.9 Å². The Balaban J connectivity index is 1.84. The molecule has 2 aliphatic rings. The molecule has 2 saturated heterocycles. The standard InChI is InChI=1S/C9H16N2O/c12-8-3-6-11(7-4-8)9-2-1-5-10-9/h9-10H,1-7H2. The zero-order valence-corrected chi connectivity index (χ0v) is 7.38. The van der Waals surface area contributed by atoms with E-state index in [-0.39, 0.29) is 0 Å². The van der Waals surface area contributed by atoms with Crippen molar-refractivity contribution in [1.29, 1.82) is 0 Å². The van der Waals surface area contributed by atoms with E-state index in [9.17, 15) is 4.79 Å². The van der Waals surface area contributed by atoms with Crippen LogP contribution in [0.5, 0.6) is 0 Å². The van der Waals surface area contributed by atoms with Gasteiger partial charge in [0, 0.05) is 25.9 Å². The molecular formula is C9H16N2O. The highest BCUT2D eigenvalue weighted by Gasteiger charge is 2.25. The average Bonchev–Trinajstić information content (AvgIpc) is 2.58. The number of Topliss-reactive ketones (excluding diaryl/α,β-unsaturated/α-hetero) is 1. The van der Waals surface area contributed by atoms with Crippen LogP contribution < -0.4 is 5.32 Å². The first-order chi connectivity index (χ1) is 5.86. The van der Waals surface area contributed by atoms with E-state index in [4.69, 9.17) is 0 Å². The van der Waals surface area contributed by atoms with Gasteiger partial charge in [0.25, 0.3) is 0 Å². The van der Waals surface area contributed by atoms with Crippen molar-refractivity contribution >= 4 is 5.78 Å². The minimum absolute atomic E-state index is 0.434. The molecule has 3 nitrogen and oxygen atoms in total. The number of ketones is 1. The van der Waals surface area contributed by atoms with E-state index >= 15 is 0 Å². The Kier molecular flexibility index (Phi) is 2.42. The summed E-state index contributed by atoms with van der Waals surface area (Å²) in [5.74, 6) is 0.434. The fraction of sp³-hybridized carbons (Fsp3) is 0.889. The molecule has 0 amide bonds. The smallest absolute Gasteiger partial charge is 0.135 e. The summed E-state index contributed by atoms with van der Waals surface area (Å²) in [5, 5.41) is 3.46. The monoisotopic (exact) mass is 168 g/mol. The van der Waals surface area contributed by atoms with Crippen LogP contribution in [-0.4, -0.2) is 36.5 Å². The van der Waals surface area contributed by atoms with Gasteiger partial charge >= 0.3 is 0 Å². The molecule has 0 saturated carbocycles. The number of piperidine rings is 1. The minimum atomic E-state index is 0.434. The minimum Gasteiger partial charge on any atom is -0.302 e. The van der Waals surface area contributed by atoms with Gasteiger partial charge in [-0.25, -0.2) is 0 Å². The van der Waals surface area contributed by atoms with Crippen molar-refractivity contribution in [3.63, 3.8) is 0 Å². The molecule has 0 aromatic heterocycles. The lowest BCUT2D eigenvalue weighted by molar-refractivity contribution is -0.122. The van der Waals surface area contributed by atoms with Gasteiger partial charge in [0.05, 0.1) is 6.17 Å². The van der Waals surface area contributed by atoms with Crippen molar-refractivity contribution in [2.24, 2.45) is 0 Å². The Hall–Kier alpha value is -0.410. The lowest BCUT2D eigenvalue weighted by Gasteiger charge is -2.31. The number of carbonyl (C=O) groups excluding carboxylic acids is 1. The fourth-order valence-electron chi connectivity index (χ4n) is 2.06. The van der Waals surface area contributed by atoms with Crippen molar-refractivity contribution in [2.75, 3.05) is 19.6 Å². The maximum atomic E-state index is 11.0. The normalized spacial score (nSPS) is 32.7. The van der Waals surface area contributed by atoms with Gasteiger partial charge < -0.3 is 5.32 Å². The second kappa shape index (κ2) is 3.54. The fourth-order valence-corrected chi connectivity index (χ4v) is 2.06. The molecule has 0 aromatic rings. The number of carbonyl (C=O) groups is 1. The molecule has 3 heteroatoms. The molecule has 1 N–H and O–H groups in total. The van der Waals surface area contributed by atoms with Crippen molar-refractivity contribution in [3.05, 3.63) is 0 Å². The zero-order chi connectivity index (χ0) is 8.39. The Morgan fingerprint density at radius 3 is 2.67 bits per heavy atom. The summed E-state index contributed by atoms with van der Waals surface area (Å²) in [6.45, 7) is 3.09. The van der Waals surface area contributed by atoms with Crippen LogP contribution in [0.4, 0.5) is 0 Å². The molecule has 0 spiro atoms. The van der Waals surface area contributed by atoms with Gasteiger partial charge in [-0.2, -0.15) is 0 Å². The van der Waals surface area contributed by atoms with Crippen molar-refractivity contribution in [3.8, 4) is 0 Å². The largest absolute Gasteiger partial charge is 0.302 e. The molecule has 0 bridgehead atoms. The summed E-state index contributed by atoms with van der Waals surface area (Å²) in [6, 6.07) is 0. The summed E-state index contributed by atoms with van der Waals surface area (Å²) in [5.41, 5.74) is 0. The van der Waals surface area contributed by atoms with Gasteiger partial charge in [0.15, 0.2) is 0 Å². The summed E-state index contributed by atoms with van der Waals surface area (Å²) in [4.78, 5) is 13.4. The third-order valence-electron chi connectivity index (χ3n) is 2.83. The highest BCUT2D eigenvalue weighted by Crippen LogP contribution is 2.14. The van der Waals surface area contributed by atoms with Crippen molar-refractivity contribution in [2.45, 2.75) is 31.8 Å².